The van der Waals surface area contributed by atoms with Gasteiger partial charge in [0.25, 0.3) is 10.0 Å². The molecule has 0 unspecified atom stereocenters. The Kier molecular flexibility index (Phi) is 9.19. The molecule has 0 atom stereocenters. The average Bonchev–Trinajstić information content (AvgIpc) is 2.89. The number of ether oxygens (including phenoxy) is 3. The molecule has 36 heavy (non-hydrogen) atoms. The van der Waals surface area contributed by atoms with Gasteiger partial charge in [-0.1, -0.05) is 23.8 Å². The fourth-order valence-electron chi connectivity index (χ4n) is 3.64. The molecule has 0 saturated carbocycles. The monoisotopic (exact) mass is 512 g/mol. The van der Waals surface area contributed by atoms with Gasteiger partial charge in [-0.25, -0.2) is 8.42 Å². The zero-order chi connectivity index (χ0) is 26.1. The molecule has 1 amide bonds. The van der Waals surface area contributed by atoms with Crippen molar-refractivity contribution in [2.75, 3.05) is 38.7 Å². The van der Waals surface area contributed by atoms with Crippen LogP contribution < -0.4 is 23.8 Å². The largest absolute Gasteiger partial charge is 0.497 e. The number of amides is 1. The van der Waals surface area contributed by atoms with Crippen LogP contribution >= 0.6 is 0 Å². The lowest BCUT2D eigenvalue weighted by Gasteiger charge is -2.24. The smallest absolute Gasteiger partial charge is 0.264 e. The Morgan fingerprint density at radius 1 is 0.861 bits per heavy atom. The number of hydrogen-bond acceptors (Lipinski definition) is 6. The second-order valence-electron chi connectivity index (χ2n) is 8.17. The molecule has 0 spiro atoms. The van der Waals surface area contributed by atoms with Gasteiger partial charge in [-0.05, 0) is 73.9 Å². The first-order valence-electron chi connectivity index (χ1n) is 11.5. The minimum absolute atomic E-state index is 0.116. The van der Waals surface area contributed by atoms with E-state index in [0.29, 0.717) is 42.3 Å². The molecule has 3 rings (SSSR count). The van der Waals surface area contributed by atoms with Gasteiger partial charge in [-0.15, -0.1) is 0 Å². The maximum atomic E-state index is 13.5. The van der Waals surface area contributed by atoms with E-state index in [9.17, 15) is 13.2 Å². The molecular formula is C27H32N2O6S. The van der Waals surface area contributed by atoms with Crippen LogP contribution in [0.25, 0.3) is 0 Å². The van der Waals surface area contributed by atoms with E-state index in [0.717, 1.165) is 15.4 Å². The predicted octanol–water partition coefficient (Wildman–Crippen LogP) is 3.97. The highest BCUT2D eigenvalue weighted by molar-refractivity contribution is 7.92. The van der Waals surface area contributed by atoms with E-state index < -0.39 is 15.9 Å². The van der Waals surface area contributed by atoms with Gasteiger partial charge in [0.2, 0.25) is 5.91 Å². The van der Waals surface area contributed by atoms with Gasteiger partial charge in [-0.2, -0.15) is 0 Å². The normalized spacial score (nSPS) is 11.0. The molecule has 0 saturated heterocycles. The van der Waals surface area contributed by atoms with E-state index in [1.807, 2.05) is 25.1 Å². The molecule has 0 aromatic heterocycles. The third-order valence-electron chi connectivity index (χ3n) is 5.67. The fraction of sp³-hybridized carbons (Fsp3) is 0.296. The first kappa shape index (κ1) is 26.9. The molecule has 1 N–H and O–H groups in total. The van der Waals surface area contributed by atoms with Gasteiger partial charge in [0.05, 0.1) is 31.9 Å². The molecule has 0 aliphatic heterocycles. The van der Waals surface area contributed by atoms with Crippen LogP contribution in [0.4, 0.5) is 5.69 Å². The van der Waals surface area contributed by atoms with E-state index in [2.05, 4.69) is 5.32 Å². The number of hydrogen-bond donors (Lipinski definition) is 1. The number of carbonyl (C=O) groups excluding carboxylic acids is 1. The Hall–Kier alpha value is -3.72. The van der Waals surface area contributed by atoms with E-state index in [1.54, 1.807) is 62.8 Å². The molecular weight excluding hydrogens is 480 g/mol. The zero-order valence-corrected chi connectivity index (χ0v) is 21.8. The number of rotatable bonds is 12. The van der Waals surface area contributed by atoms with Crippen molar-refractivity contribution >= 4 is 21.6 Å². The number of methoxy groups -OCH3 is 3. The lowest BCUT2D eigenvalue weighted by atomic mass is 10.1. The first-order valence-corrected chi connectivity index (χ1v) is 12.9. The van der Waals surface area contributed by atoms with Crippen molar-refractivity contribution in [3.8, 4) is 17.2 Å². The molecule has 0 fully saturated rings. The molecule has 9 heteroatoms. The summed E-state index contributed by atoms with van der Waals surface area (Å²) in [7, 11) is 0.735. The quantitative estimate of drug-likeness (QED) is 0.369. The van der Waals surface area contributed by atoms with Crippen molar-refractivity contribution in [2.24, 2.45) is 0 Å². The van der Waals surface area contributed by atoms with Gasteiger partial charge in [-0.3, -0.25) is 9.10 Å². The van der Waals surface area contributed by atoms with Crippen LogP contribution in [0.15, 0.2) is 71.6 Å². The maximum Gasteiger partial charge on any atom is 0.264 e. The molecule has 0 aliphatic rings. The van der Waals surface area contributed by atoms with Crippen molar-refractivity contribution in [1.29, 1.82) is 0 Å². The fourth-order valence-corrected chi connectivity index (χ4v) is 5.06. The van der Waals surface area contributed by atoms with E-state index in [-0.39, 0.29) is 11.4 Å². The number of anilines is 1. The molecule has 0 heterocycles. The standard InChI is InChI=1S/C27H32N2O6S/c1-20-7-14-24(15-8-20)36(31,32)29(22-10-12-23(33-2)13-11-22)19-27(30)28-17-5-6-21-9-16-25(34-3)26(18-21)35-4/h7-16,18H,5-6,17,19H2,1-4H3,(H,28,30). The summed E-state index contributed by atoms with van der Waals surface area (Å²) >= 11 is 0. The number of nitrogens with zero attached hydrogens (tertiary/aromatic N) is 1. The second kappa shape index (κ2) is 12.3. The predicted molar refractivity (Wildman–Crippen MR) is 140 cm³/mol. The van der Waals surface area contributed by atoms with E-state index in [4.69, 9.17) is 14.2 Å². The Morgan fingerprint density at radius 2 is 1.53 bits per heavy atom. The summed E-state index contributed by atoms with van der Waals surface area (Å²) in [5.74, 6) is 1.50. The summed E-state index contributed by atoms with van der Waals surface area (Å²) in [6, 6.07) is 18.8. The van der Waals surface area contributed by atoms with E-state index >= 15 is 0 Å². The van der Waals surface area contributed by atoms with Gasteiger partial charge >= 0.3 is 0 Å². The summed E-state index contributed by atoms with van der Waals surface area (Å²) in [5.41, 5.74) is 2.36. The van der Waals surface area contributed by atoms with Crippen LogP contribution in [0.2, 0.25) is 0 Å². The van der Waals surface area contributed by atoms with Crippen molar-refractivity contribution < 1.29 is 27.4 Å². The highest BCUT2D eigenvalue weighted by Crippen LogP contribution is 2.28. The molecule has 8 nitrogen and oxygen atoms in total. The van der Waals surface area contributed by atoms with Crippen LogP contribution in [-0.4, -0.2) is 48.7 Å². The molecule has 3 aromatic carbocycles. The molecule has 192 valence electrons. The van der Waals surface area contributed by atoms with Crippen LogP contribution in [0.3, 0.4) is 0 Å². The minimum atomic E-state index is -3.97. The zero-order valence-electron chi connectivity index (χ0n) is 21.0. The topological polar surface area (TPSA) is 94.2 Å². The molecule has 0 bridgehead atoms. The van der Waals surface area contributed by atoms with Crippen molar-refractivity contribution in [3.63, 3.8) is 0 Å². The van der Waals surface area contributed by atoms with E-state index in [1.165, 1.54) is 7.11 Å². The average molecular weight is 513 g/mol. The third kappa shape index (κ3) is 6.69. The van der Waals surface area contributed by atoms with Crippen LogP contribution in [-0.2, 0) is 21.2 Å². The Morgan fingerprint density at radius 3 is 2.14 bits per heavy atom. The summed E-state index contributed by atoms with van der Waals surface area (Å²) in [5, 5.41) is 2.83. The Bertz CT molecular complexity index is 1260. The maximum absolute atomic E-state index is 13.5. The molecule has 0 aliphatic carbocycles. The summed E-state index contributed by atoms with van der Waals surface area (Å²) in [6.07, 6.45) is 1.39. The summed E-state index contributed by atoms with van der Waals surface area (Å²) < 4.78 is 43.8. The van der Waals surface area contributed by atoms with Crippen molar-refractivity contribution in [2.45, 2.75) is 24.7 Å². The van der Waals surface area contributed by atoms with Gasteiger partial charge in [0, 0.05) is 6.54 Å². The van der Waals surface area contributed by atoms with Gasteiger partial charge in [0.15, 0.2) is 11.5 Å². The van der Waals surface area contributed by atoms with Crippen molar-refractivity contribution in [1.82, 2.24) is 5.32 Å². The lowest BCUT2D eigenvalue weighted by Crippen LogP contribution is -2.41. The van der Waals surface area contributed by atoms with Gasteiger partial charge in [0.1, 0.15) is 12.3 Å². The number of nitrogens with one attached hydrogen (secondary N) is 1. The number of sulfonamides is 1. The molecule has 3 aromatic rings. The second-order valence-corrected chi connectivity index (χ2v) is 10.0. The van der Waals surface area contributed by atoms with Crippen LogP contribution in [0, 0.1) is 6.92 Å². The Labute approximate surface area is 212 Å². The first-order chi connectivity index (χ1) is 17.3. The van der Waals surface area contributed by atoms with Gasteiger partial charge < -0.3 is 19.5 Å². The summed E-state index contributed by atoms with van der Waals surface area (Å²) in [6.45, 7) is 1.93. The number of benzene rings is 3. The SMILES string of the molecule is COc1ccc(N(CC(=O)NCCCc2ccc(OC)c(OC)c2)S(=O)(=O)c2ccc(C)cc2)cc1. The minimum Gasteiger partial charge on any atom is -0.497 e. The number of carbonyl (C=O) groups is 1. The highest BCUT2D eigenvalue weighted by Gasteiger charge is 2.27. The lowest BCUT2D eigenvalue weighted by molar-refractivity contribution is -0.119. The van der Waals surface area contributed by atoms with Crippen LogP contribution in [0.5, 0.6) is 17.2 Å². The Balaban J connectivity index is 1.68. The third-order valence-corrected chi connectivity index (χ3v) is 7.46. The summed E-state index contributed by atoms with van der Waals surface area (Å²) in [4.78, 5) is 12.9. The highest BCUT2D eigenvalue weighted by atomic mass is 32.2. The number of aryl methyl sites for hydroxylation is 2. The molecule has 0 radical (unpaired) electrons. The van der Waals surface area contributed by atoms with Crippen LogP contribution in [0.1, 0.15) is 17.5 Å². The van der Waals surface area contributed by atoms with Crippen molar-refractivity contribution in [3.05, 3.63) is 77.9 Å².